The Morgan fingerprint density at radius 2 is 2.12 bits per heavy atom. The molecule has 4 rings (SSSR count). The van der Waals surface area contributed by atoms with Gasteiger partial charge in [-0.25, -0.2) is 9.97 Å². The second-order valence-corrected chi connectivity index (χ2v) is 7.09. The van der Waals surface area contributed by atoms with Gasteiger partial charge in [0.15, 0.2) is 0 Å². The highest BCUT2D eigenvalue weighted by Crippen LogP contribution is 2.30. The summed E-state index contributed by atoms with van der Waals surface area (Å²) in [6.45, 7) is 5.85. The van der Waals surface area contributed by atoms with E-state index in [4.69, 9.17) is 0 Å². The van der Waals surface area contributed by atoms with Crippen molar-refractivity contribution < 1.29 is 4.79 Å². The molecule has 0 bridgehead atoms. The van der Waals surface area contributed by atoms with E-state index >= 15 is 0 Å². The van der Waals surface area contributed by atoms with Crippen molar-refractivity contribution in [2.45, 2.75) is 39.2 Å². The van der Waals surface area contributed by atoms with E-state index in [0.717, 1.165) is 48.0 Å². The number of aromatic nitrogens is 4. The molecule has 1 amide bonds. The van der Waals surface area contributed by atoms with Crippen LogP contribution in [0.2, 0.25) is 0 Å². The molecule has 3 aromatic rings. The average molecular weight is 325 g/mol. The molecule has 6 heteroatoms. The van der Waals surface area contributed by atoms with Gasteiger partial charge < -0.3 is 14.5 Å². The topological polar surface area (TPSA) is 66.8 Å². The van der Waals surface area contributed by atoms with Gasteiger partial charge in [0.2, 0.25) is 5.91 Å². The van der Waals surface area contributed by atoms with Crippen molar-refractivity contribution in [1.82, 2.24) is 24.4 Å². The largest absolute Gasteiger partial charge is 0.346 e. The molecule has 1 aliphatic rings. The Labute approximate surface area is 140 Å². The van der Waals surface area contributed by atoms with Gasteiger partial charge in [0.25, 0.3) is 0 Å². The summed E-state index contributed by atoms with van der Waals surface area (Å²) in [5, 5.41) is 1.11. The SMILES string of the molecule is CC(C)CC(=O)N1CCC(n2cnc3cnc4[nH]ccc4c32)CC1. The van der Waals surface area contributed by atoms with Gasteiger partial charge in [0, 0.05) is 37.1 Å². The third-order valence-corrected chi connectivity index (χ3v) is 4.91. The minimum absolute atomic E-state index is 0.288. The van der Waals surface area contributed by atoms with E-state index in [1.54, 1.807) is 0 Å². The van der Waals surface area contributed by atoms with Crippen LogP contribution in [0.4, 0.5) is 0 Å². The van der Waals surface area contributed by atoms with Gasteiger partial charge in [-0.1, -0.05) is 13.8 Å². The number of rotatable bonds is 3. The van der Waals surface area contributed by atoms with Crippen molar-refractivity contribution in [3.05, 3.63) is 24.8 Å². The highest BCUT2D eigenvalue weighted by Gasteiger charge is 2.25. The Hall–Kier alpha value is -2.37. The Morgan fingerprint density at radius 1 is 1.33 bits per heavy atom. The Bertz CT molecular complexity index is 870. The first-order chi connectivity index (χ1) is 11.6. The van der Waals surface area contributed by atoms with E-state index < -0.39 is 0 Å². The number of H-pyrrole nitrogens is 1. The number of pyridine rings is 1. The Morgan fingerprint density at radius 3 is 2.88 bits per heavy atom. The molecule has 4 heterocycles. The van der Waals surface area contributed by atoms with Crippen molar-refractivity contribution in [3.63, 3.8) is 0 Å². The lowest BCUT2D eigenvalue weighted by Crippen LogP contribution is -2.39. The van der Waals surface area contributed by atoms with Crippen LogP contribution in [-0.4, -0.2) is 43.4 Å². The Kier molecular flexibility index (Phi) is 3.75. The maximum atomic E-state index is 12.2. The number of imidazole rings is 1. The standard InChI is InChI=1S/C18H23N5O/c1-12(2)9-16(24)22-7-4-13(5-8-22)23-11-21-15-10-20-18-14(17(15)23)3-6-19-18/h3,6,10-13H,4-5,7-9H2,1-2H3,(H,19,20). The molecule has 0 aliphatic carbocycles. The van der Waals surface area contributed by atoms with Gasteiger partial charge >= 0.3 is 0 Å². The third kappa shape index (κ3) is 2.56. The number of carbonyl (C=O) groups excluding carboxylic acids is 1. The van der Waals surface area contributed by atoms with E-state index in [1.165, 1.54) is 0 Å². The minimum Gasteiger partial charge on any atom is -0.346 e. The highest BCUT2D eigenvalue weighted by atomic mass is 16.2. The first-order valence-corrected chi connectivity index (χ1v) is 8.70. The molecule has 126 valence electrons. The molecule has 0 radical (unpaired) electrons. The van der Waals surface area contributed by atoms with Crippen molar-refractivity contribution in [1.29, 1.82) is 0 Å². The van der Waals surface area contributed by atoms with E-state index in [1.807, 2.05) is 23.6 Å². The second-order valence-electron chi connectivity index (χ2n) is 7.09. The van der Waals surface area contributed by atoms with Crippen LogP contribution >= 0.6 is 0 Å². The van der Waals surface area contributed by atoms with E-state index in [-0.39, 0.29) is 5.91 Å². The van der Waals surface area contributed by atoms with Crippen LogP contribution in [0.25, 0.3) is 22.1 Å². The average Bonchev–Trinajstić information content (AvgIpc) is 3.20. The minimum atomic E-state index is 0.288. The molecule has 24 heavy (non-hydrogen) atoms. The summed E-state index contributed by atoms with van der Waals surface area (Å²) in [7, 11) is 0. The lowest BCUT2D eigenvalue weighted by molar-refractivity contribution is -0.133. The summed E-state index contributed by atoms with van der Waals surface area (Å²) in [5.41, 5.74) is 2.97. The van der Waals surface area contributed by atoms with Crippen LogP contribution in [0.1, 0.15) is 39.2 Å². The molecule has 0 saturated carbocycles. The van der Waals surface area contributed by atoms with Crippen LogP contribution < -0.4 is 0 Å². The van der Waals surface area contributed by atoms with E-state index in [2.05, 4.69) is 39.4 Å². The lowest BCUT2D eigenvalue weighted by Gasteiger charge is -2.33. The van der Waals surface area contributed by atoms with Gasteiger partial charge in [-0.2, -0.15) is 0 Å². The molecule has 1 fully saturated rings. The summed E-state index contributed by atoms with van der Waals surface area (Å²) in [5.74, 6) is 0.707. The summed E-state index contributed by atoms with van der Waals surface area (Å²) in [4.78, 5) is 26.4. The van der Waals surface area contributed by atoms with Gasteiger partial charge in [0.05, 0.1) is 18.0 Å². The summed E-state index contributed by atoms with van der Waals surface area (Å²) in [6, 6.07) is 2.45. The van der Waals surface area contributed by atoms with Crippen LogP contribution in [0.5, 0.6) is 0 Å². The van der Waals surface area contributed by atoms with Gasteiger partial charge in [-0.15, -0.1) is 0 Å². The zero-order valence-corrected chi connectivity index (χ0v) is 14.2. The zero-order chi connectivity index (χ0) is 16.7. The molecular weight excluding hydrogens is 302 g/mol. The number of piperidine rings is 1. The van der Waals surface area contributed by atoms with E-state index in [9.17, 15) is 4.79 Å². The first kappa shape index (κ1) is 15.2. The van der Waals surface area contributed by atoms with Gasteiger partial charge in [0.1, 0.15) is 11.2 Å². The summed E-state index contributed by atoms with van der Waals surface area (Å²) in [6.07, 6.45) is 8.27. The predicted molar refractivity (Wildman–Crippen MR) is 93.7 cm³/mol. The molecule has 0 spiro atoms. The maximum Gasteiger partial charge on any atom is 0.222 e. The predicted octanol–water partition coefficient (Wildman–Crippen LogP) is 3.12. The van der Waals surface area contributed by atoms with Gasteiger partial charge in [-0.3, -0.25) is 4.79 Å². The number of likely N-dealkylation sites (tertiary alicyclic amines) is 1. The highest BCUT2D eigenvalue weighted by molar-refractivity contribution is 6.00. The number of amides is 1. The molecule has 0 unspecified atom stereocenters. The second kappa shape index (κ2) is 5.92. The number of nitrogens with zero attached hydrogens (tertiary/aromatic N) is 4. The fraction of sp³-hybridized carbons (Fsp3) is 0.500. The van der Waals surface area contributed by atoms with Crippen molar-refractivity contribution >= 4 is 28.0 Å². The first-order valence-electron chi connectivity index (χ1n) is 8.70. The quantitative estimate of drug-likeness (QED) is 0.804. The molecule has 3 aromatic heterocycles. The monoisotopic (exact) mass is 325 g/mol. The maximum absolute atomic E-state index is 12.2. The number of hydrogen-bond acceptors (Lipinski definition) is 3. The fourth-order valence-electron chi connectivity index (χ4n) is 3.68. The zero-order valence-electron chi connectivity index (χ0n) is 14.2. The number of fused-ring (bicyclic) bond motifs is 3. The molecule has 1 aliphatic heterocycles. The number of carbonyl (C=O) groups is 1. The van der Waals surface area contributed by atoms with E-state index in [0.29, 0.717) is 18.4 Å². The molecule has 1 saturated heterocycles. The van der Waals surface area contributed by atoms with Crippen molar-refractivity contribution in [2.24, 2.45) is 5.92 Å². The number of aromatic amines is 1. The molecule has 1 N–H and O–H groups in total. The van der Waals surface area contributed by atoms with Gasteiger partial charge in [-0.05, 0) is 24.8 Å². The van der Waals surface area contributed by atoms with Crippen LogP contribution in [0, 0.1) is 5.92 Å². The number of nitrogens with one attached hydrogen (secondary N) is 1. The summed E-state index contributed by atoms with van der Waals surface area (Å²) >= 11 is 0. The van der Waals surface area contributed by atoms with Crippen LogP contribution in [-0.2, 0) is 4.79 Å². The lowest BCUT2D eigenvalue weighted by atomic mass is 10.0. The van der Waals surface area contributed by atoms with Crippen molar-refractivity contribution in [3.8, 4) is 0 Å². The molecule has 6 nitrogen and oxygen atoms in total. The fourth-order valence-corrected chi connectivity index (χ4v) is 3.68. The number of hydrogen-bond donors (Lipinski definition) is 1. The normalized spacial score (nSPS) is 16.5. The molecule has 0 atom stereocenters. The Balaban J connectivity index is 1.57. The van der Waals surface area contributed by atoms with Crippen molar-refractivity contribution in [2.75, 3.05) is 13.1 Å². The third-order valence-electron chi connectivity index (χ3n) is 4.91. The van der Waals surface area contributed by atoms with Crippen LogP contribution in [0.3, 0.4) is 0 Å². The molecule has 0 aromatic carbocycles. The smallest absolute Gasteiger partial charge is 0.222 e. The van der Waals surface area contributed by atoms with Crippen LogP contribution in [0.15, 0.2) is 24.8 Å². The summed E-state index contributed by atoms with van der Waals surface area (Å²) < 4.78 is 2.28. The molecular formula is C18H23N5O.